The van der Waals surface area contributed by atoms with Crippen LogP contribution in [0.15, 0.2) is 48.8 Å². The molecule has 4 N–H and O–H groups in total. The van der Waals surface area contributed by atoms with Gasteiger partial charge in [-0.3, -0.25) is 20.0 Å². The number of carbonyl (C=O) groups is 2. The maximum atomic E-state index is 12.1. The van der Waals surface area contributed by atoms with Crippen LogP contribution in [0.1, 0.15) is 22.3 Å². The number of aliphatic carboxylic acids is 1. The summed E-state index contributed by atoms with van der Waals surface area (Å²) in [6, 6.07) is 10.8. The minimum absolute atomic E-state index is 0.0646. The predicted molar refractivity (Wildman–Crippen MR) is 103 cm³/mol. The number of hydrazine groups is 1. The predicted octanol–water partition coefficient (Wildman–Crippen LogP) is 1.97. The number of rotatable bonds is 3. The number of aromatic nitrogens is 2. The molecule has 0 aliphatic heterocycles. The Bertz CT molecular complexity index is 1150. The highest BCUT2D eigenvalue weighted by Gasteiger charge is 2.42. The normalized spacial score (nSPS) is 17.5. The average Bonchev–Trinajstić information content (AvgIpc) is 3.51. The van der Waals surface area contributed by atoms with Crippen molar-refractivity contribution < 1.29 is 14.7 Å². The van der Waals surface area contributed by atoms with E-state index in [4.69, 9.17) is 10.9 Å². The molecule has 3 aromatic rings. The van der Waals surface area contributed by atoms with E-state index in [9.17, 15) is 9.59 Å². The van der Waals surface area contributed by atoms with Crippen LogP contribution in [0.25, 0.3) is 22.2 Å². The summed E-state index contributed by atoms with van der Waals surface area (Å²) >= 11 is 0. The van der Waals surface area contributed by atoms with Gasteiger partial charge in [-0.1, -0.05) is 24.0 Å². The third-order valence-electron chi connectivity index (χ3n) is 4.68. The van der Waals surface area contributed by atoms with Crippen molar-refractivity contribution in [2.24, 2.45) is 17.7 Å². The molecule has 0 radical (unpaired) electrons. The first-order valence-electron chi connectivity index (χ1n) is 8.67. The first-order valence-corrected chi connectivity index (χ1v) is 8.67. The second-order valence-electron chi connectivity index (χ2n) is 6.55. The largest absolute Gasteiger partial charge is 0.481 e. The summed E-state index contributed by atoms with van der Waals surface area (Å²) in [7, 11) is 0. The molecular formula is C21H16N4O3. The third-order valence-corrected chi connectivity index (χ3v) is 4.68. The van der Waals surface area contributed by atoms with Gasteiger partial charge in [0, 0.05) is 34.8 Å². The quantitative estimate of drug-likeness (QED) is 0.280. The number of hydrogen-bond donors (Lipinski definition) is 3. The average molecular weight is 372 g/mol. The Labute approximate surface area is 160 Å². The number of fused-ring (bicyclic) bond motifs is 1. The van der Waals surface area contributed by atoms with E-state index in [1.807, 2.05) is 24.3 Å². The fraction of sp³-hybridized carbons (Fsp3) is 0.143. The molecule has 1 saturated carbocycles. The van der Waals surface area contributed by atoms with E-state index in [1.54, 1.807) is 24.5 Å². The van der Waals surface area contributed by atoms with Crippen molar-refractivity contribution >= 4 is 22.8 Å². The van der Waals surface area contributed by atoms with E-state index in [-0.39, 0.29) is 11.8 Å². The van der Waals surface area contributed by atoms with Crippen molar-refractivity contribution in [3.05, 3.63) is 59.9 Å². The molecule has 28 heavy (non-hydrogen) atoms. The lowest BCUT2D eigenvalue weighted by Crippen LogP contribution is -2.30. The Hall–Kier alpha value is -3.76. The number of nitrogens with zero attached hydrogens (tertiary/aromatic N) is 2. The number of carboxylic acids is 1. The van der Waals surface area contributed by atoms with Gasteiger partial charge in [0.25, 0.3) is 5.91 Å². The van der Waals surface area contributed by atoms with E-state index >= 15 is 0 Å². The third kappa shape index (κ3) is 3.41. The number of pyridine rings is 2. The van der Waals surface area contributed by atoms with Crippen LogP contribution in [-0.2, 0) is 4.79 Å². The van der Waals surface area contributed by atoms with E-state index in [0.29, 0.717) is 28.6 Å². The topological polar surface area (TPSA) is 118 Å². The summed E-state index contributed by atoms with van der Waals surface area (Å²) in [6.07, 6.45) is 3.81. The first kappa shape index (κ1) is 17.6. The van der Waals surface area contributed by atoms with Crippen molar-refractivity contribution in [2.75, 3.05) is 0 Å². The van der Waals surface area contributed by atoms with Crippen LogP contribution in [0.5, 0.6) is 0 Å². The number of carbonyl (C=O) groups excluding carboxylic acids is 1. The van der Waals surface area contributed by atoms with Crippen molar-refractivity contribution in [1.29, 1.82) is 0 Å². The van der Waals surface area contributed by atoms with Crippen LogP contribution < -0.4 is 11.3 Å². The molecule has 1 aliphatic carbocycles. The number of nitrogens with two attached hydrogens (primary N) is 1. The van der Waals surface area contributed by atoms with E-state index in [2.05, 4.69) is 27.2 Å². The fourth-order valence-corrected chi connectivity index (χ4v) is 3.01. The second-order valence-corrected chi connectivity index (χ2v) is 6.55. The molecule has 0 spiro atoms. The van der Waals surface area contributed by atoms with Gasteiger partial charge >= 0.3 is 5.97 Å². The molecule has 1 aromatic carbocycles. The molecule has 1 amide bonds. The van der Waals surface area contributed by atoms with E-state index in [1.165, 1.54) is 0 Å². The minimum Gasteiger partial charge on any atom is -0.481 e. The first-order chi connectivity index (χ1) is 13.6. The van der Waals surface area contributed by atoms with Crippen molar-refractivity contribution in [3.63, 3.8) is 0 Å². The summed E-state index contributed by atoms with van der Waals surface area (Å²) in [5, 5.41) is 9.54. The molecule has 1 aliphatic rings. The highest BCUT2D eigenvalue weighted by atomic mass is 16.4. The van der Waals surface area contributed by atoms with Crippen LogP contribution in [0, 0.1) is 23.7 Å². The Morgan fingerprint density at radius 3 is 2.68 bits per heavy atom. The summed E-state index contributed by atoms with van der Waals surface area (Å²) in [4.78, 5) is 31.7. The summed E-state index contributed by atoms with van der Waals surface area (Å²) in [5.41, 5.74) is 5.44. The zero-order chi connectivity index (χ0) is 19.7. The molecule has 7 heteroatoms. The van der Waals surface area contributed by atoms with E-state index < -0.39 is 11.9 Å². The lowest BCUT2D eigenvalue weighted by Gasteiger charge is -2.08. The molecule has 0 bridgehead atoms. The van der Waals surface area contributed by atoms with Crippen LogP contribution in [0.3, 0.4) is 0 Å². The fourth-order valence-electron chi connectivity index (χ4n) is 3.01. The van der Waals surface area contributed by atoms with Gasteiger partial charge in [0.1, 0.15) is 0 Å². The van der Waals surface area contributed by atoms with Crippen LogP contribution in [0.4, 0.5) is 0 Å². The van der Waals surface area contributed by atoms with Crippen LogP contribution >= 0.6 is 0 Å². The second kappa shape index (κ2) is 7.10. The molecule has 0 saturated heterocycles. The van der Waals surface area contributed by atoms with Gasteiger partial charge in [-0.15, -0.1) is 0 Å². The number of nitrogen functional groups attached to an aromatic ring is 1. The molecule has 2 atom stereocenters. The van der Waals surface area contributed by atoms with Gasteiger partial charge in [0.05, 0.1) is 22.7 Å². The van der Waals surface area contributed by atoms with Gasteiger partial charge in [-0.25, -0.2) is 10.8 Å². The number of benzene rings is 1. The monoisotopic (exact) mass is 372 g/mol. The number of hydrogen-bond acceptors (Lipinski definition) is 5. The minimum atomic E-state index is -0.787. The Morgan fingerprint density at radius 2 is 2.00 bits per heavy atom. The van der Waals surface area contributed by atoms with Gasteiger partial charge in [-0.05, 0) is 30.7 Å². The number of nitrogens with one attached hydrogen (secondary N) is 1. The van der Waals surface area contributed by atoms with Crippen molar-refractivity contribution in [2.45, 2.75) is 6.42 Å². The SMILES string of the molecule is NNC(=O)c1cc(-c2ccc(C#CC3CC3C(=O)O)cc2)nc2ccncc12. The molecular weight excluding hydrogens is 356 g/mol. The highest BCUT2D eigenvalue weighted by Crippen LogP contribution is 2.37. The Kier molecular flexibility index (Phi) is 4.47. The molecule has 7 nitrogen and oxygen atoms in total. The molecule has 4 rings (SSSR count). The zero-order valence-electron chi connectivity index (χ0n) is 14.7. The van der Waals surface area contributed by atoms with Crippen LogP contribution in [0.2, 0.25) is 0 Å². The Morgan fingerprint density at radius 1 is 1.21 bits per heavy atom. The molecule has 1 fully saturated rings. The van der Waals surface area contributed by atoms with Crippen LogP contribution in [-0.4, -0.2) is 27.0 Å². The van der Waals surface area contributed by atoms with Gasteiger partial charge in [0.2, 0.25) is 0 Å². The lowest BCUT2D eigenvalue weighted by atomic mass is 10.0. The zero-order valence-corrected chi connectivity index (χ0v) is 14.7. The summed E-state index contributed by atoms with van der Waals surface area (Å²) in [5.74, 6) is 9.71. The van der Waals surface area contributed by atoms with Crippen molar-refractivity contribution in [3.8, 4) is 23.1 Å². The van der Waals surface area contributed by atoms with Gasteiger partial charge in [0.15, 0.2) is 0 Å². The van der Waals surface area contributed by atoms with Gasteiger partial charge in [-0.2, -0.15) is 0 Å². The summed E-state index contributed by atoms with van der Waals surface area (Å²) in [6.45, 7) is 0. The number of amides is 1. The van der Waals surface area contributed by atoms with E-state index in [0.717, 1.165) is 11.1 Å². The number of carboxylic acid groups (broad SMARTS) is 1. The molecule has 2 aromatic heterocycles. The van der Waals surface area contributed by atoms with Gasteiger partial charge < -0.3 is 5.11 Å². The lowest BCUT2D eigenvalue weighted by molar-refractivity contribution is -0.138. The molecule has 2 unspecified atom stereocenters. The maximum Gasteiger partial charge on any atom is 0.307 e. The Balaban J connectivity index is 1.64. The molecule has 2 heterocycles. The van der Waals surface area contributed by atoms with Crippen molar-refractivity contribution in [1.82, 2.24) is 15.4 Å². The molecule has 138 valence electrons. The maximum absolute atomic E-state index is 12.1. The smallest absolute Gasteiger partial charge is 0.307 e. The standard InChI is InChI=1S/C21H16N4O3/c22-25-20(26)16-10-19(24-18-7-8-23-11-17(16)18)13-4-1-12(2-5-13)3-6-14-9-15(14)21(27)28/h1-2,4-5,7-8,10-11,14-15H,9,22H2,(H,25,26)(H,27,28). The highest BCUT2D eigenvalue weighted by molar-refractivity contribution is 6.06. The summed E-state index contributed by atoms with van der Waals surface area (Å²) < 4.78 is 0.